The van der Waals surface area contributed by atoms with Crippen LogP contribution in [0.1, 0.15) is 25.8 Å². The second kappa shape index (κ2) is 12.9. The van der Waals surface area contributed by atoms with Crippen molar-refractivity contribution in [2.45, 2.75) is 26.4 Å². The van der Waals surface area contributed by atoms with Crippen molar-refractivity contribution in [3.8, 4) is 0 Å². The molecule has 0 saturated carbocycles. The summed E-state index contributed by atoms with van der Waals surface area (Å²) in [6.07, 6.45) is 2.84. The summed E-state index contributed by atoms with van der Waals surface area (Å²) in [5, 5.41) is 11.5. The number of hydrogen-bond donors (Lipinski definition) is 1. The molecular weight excluding hydrogens is 475 g/mol. The van der Waals surface area contributed by atoms with Crippen molar-refractivity contribution < 1.29 is 14.7 Å². The standard InChI is InChI=1S/C25H36Cl2N4O3/c1-19(2)16-28-9-11-29(12-10-28)17-21(32)18-31-14-13-30(8-7-25(31)34)24(33)6-4-20-3-5-22(26)23(27)15-20/h3-6,15,19,21,32H,7-14,16-18H2,1-2H3. The van der Waals surface area contributed by atoms with Gasteiger partial charge in [0.2, 0.25) is 11.8 Å². The number of rotatable bonds is 8. The molecule has 188 valence electrons. The topological polar surface area (TPSA) is 67.3 Å². The zero-order valence-corrected chi connectivity index (χ0v) is 21.6. The molecule has 2 saturated heterocycles. The highest BCUT2D eigenvalue weighted by Gasteiger charge is 2.26. The van der Waals surface area contributed by atoms with Gasteiger partial charge in [-0.25, -0.2) is 0 Å². The van der Waals surface area contributed by atoms with Gasteiger partial charge in [0.1, 0.15) is 0 Å². The van der Waals surface area contributed by atoms with Crippen LogP contribution in [0.15, 0.2) is 24.3 Å². The molecule has 3 rings (SSSR count). The Morgan fingerprint density at radius 1 is 0.971 bits per heavy atom. The molecule has 34 heavy (non-hydrogen) atoms. The fourth-order valence-electron chi connectivity index (χ4n) is 4.45. The van der Waals surface area contributed by atoms with Gasteiger partial charge >= 0.3 is 0 Å². The predicted octanol–water partition coefficient (Wildman–Crippen LogP) is 2.70. The summed E-state index contributed by atoms with van der Waals surface area (Å²) in [5.41, 5.74) is 0.781. The molecule has 2 aliphatic heterocycles. The predicted molar refractivity (Wildman–Crippen MR) is 137 cm³/mol. The van der Waals surface area contributed by atoms with Gasteiger partial charge in [-0.3, -0.25) is 14.5 Å². The molecule has 2 amide bonds. The van der Waals surface area contributed by atoms with Gasteiger partial charge in [-0.05, 0) is 29.7 Å². The lowest BCUT2D eigenvalue weighted by molar-refractivity contribution is -0.131. The summed E-state index contributed by atoms with van der Waals surface area (Å²) in [5.74, 6) is 0.481. The molecule has 1 N–H and O–H groups in total. The van der Waals surface area contributed by atoms with Gasteiger partial charge in [-0.15, -0.1) is 0 Å². The van der Waals surface area contributed by atoms with E-state index in [0.29, 0.717) is 48.7 Å². The molecule has 2 aliphatic rings. The highest BCUT2D eigenvalue weighted by Crippen LogP contribution is 2.23. The van der Waals surface area contributed by atoms with Gasteiger partial charge in [0.15, 0.2) is 0 Å². The van der Waals surface area contributed by atoms with E-state index in [0.717, 1.165) is 38.3 Å². The number of carbonyl (C=O) groups excluding carboxylic acids is 2. The zero-order valence-electron chi connectivity index (χ0n) is 20.1. The van der Waals surface area contributed by atoms with Crippen molar-refractivity contribution in [1.82, 2.24) is 19.6 Å². The summed E-state index contributed by atoms with van der Waals surface area (Å²) in [6, 6.07) is 5.18. The molecule has 2 fully saturated rings. The highest BCUT2D eigenvalue weighted by molar-refractivity contribution is 6.42. The Labute approximate surface area is 212 Å². The molecule has 7 nitrogen and oxygen atoms in total. The molecule has 2 heterocycles. The average Bonchev–Trinajstić information content (AvgIpc) is 2.97. The van der Waals surface area contributed by atoms with Crippen LogP contribution in [-0.2, 0) is 9.59 Å². The van der Waals surface area contributed by atoms with Gasteiger partial charge in [0.25, 0.3) is 0 Å². The molecule has 1 atom stereocenters. The monoisotopic (exact) mass is 510 g/mol. The number of benzene rings is 1. The second-order valence-corrected chi connectivity index (χ2v) is 10.4. The summed E-state index contributed by atoms with van der Waals surface area (Å²) < 4.78 is 0. The van der Waals surface area contributed by atoms with Gasteiger partial charge in [-0.1, -0.05) is 43.1 Å². The van der Waals surface area contributed by atoms with E-state index in [1.54, 1.807) is 34.1 Å². The first-order chi connectivity index (χ1) is 16.2. The van der Waals surface area contributed by atoms with Crippen LogP contribution in [0, 0.1) is 5.92 Å². The summed E-state index contributed by atoms with van der Waals surface area (Å²) >= 11 is 12.0. The lowest BCUT2D eigenvalue weighted by Gasteiger charge is -2.37. The van der Waals surface area contributed by atoms with Crippen LogP contribution in [0.5, 0.6) is 0 Å². The first-order valence-corrected chi connectivity index (χ1v) is 12.8. The van der Waals surface area contributed by atoms with Crippen molar-refractivity contribution in [2.75, 3.05) is 65.4 Å². The number of β-amino-alcohol motifs (C(OH)–C–C–N with tert-alkyl or cyclic N) is 1. The van der Waals surface area contributed by atoms with Crippen molar-refractivity contribution in [2.24, 2.45) is 5.92 Å². The number of piperazine rings is 1. The highest BCUT2D eigenvalue weighted by atomic mass is 35.5. The van der Waals surface area contributed by atoms with E-state index < -0.39 is 6.10 Å². The maximum atomic E-state index is 12.7. The molecule has 9 heteroatoms. The Hall–Kier alpha value is -1.64. The number of halogens is 2. The Kier molecular flexibility index (Phi) is 10.2. The Morgan fingerprint density at radius 3 is 2.29 bits per heavy atom. The van der Waals surface area contributed by atoms with E-state index in [1.807, 2.05) is 0 Å². The van der Waals surface area contributed by atoms with Crippen molar-refractivity contribution in [1.29, 1.82) is 0 Å². The molecule has 0 aliphatic carbocycles. The van der Waals surface area contributed by atoms with Crippen LogP contribution in [0.25, 0.3) is 6.08 Å². The maximum absolute atomic E-state index is 12.7. The minimum absolute atomic E-state index is 0.0236. The maximum Gasteiger partial charge on any atom is 0.246 e. The lowest BCUT2D eigenvalue weighted by atomic mass is 10.2. The second-order valence-electron chi connectivity index (χ2n) is 9.57. The number of aliphatic hydroxyl groups is 1. The Morgan fingerprint density at radius 2 is 1.65 bits per heavy atom. The van der Waals surface area contributed by atoms with E-state index in [4.69, 9.17) is 23.2 Å². The summed E-state index contributed by atoms with van der Waals surface area (Å²) in [6.45, 7) is 11.6. The van der Waals surface area contributed by atoms with Crippen molar-refractivity contribution in [3.63, 3.8) is 0 Å². The summed E-state index contributed by atoms with van der Waals surface area (Å²) in [4.78, 5) is 33.4. The quantitative estimate of drug-likeness (QED) is 0.544. The number of hydrogen-bond acceptors (Lipinski definition) is 5. The van der Waals surface area contributed by atoms with Crippen LogP contribution in [-0.4, -0.2) is 108 Å². The van der Waals surface area contributed by atoms with Crippen LogP contribution in [0.3, 0.4) is 0 Å². The molecule has 1 aromatic carbocycles. The normalized spacial score (nSPS) is 19.8. The van der Waals surface area contributed by atoms with Crippen LogP contribution >= 0.6 is 23.2 Å². The van der Waals surface area contributed by atoms with E-state index in [1.165, 1.54) is 6.08 Å². The minimum atomic E-state index is -0.600. The van der Waals surface area contributed by atoms with Crippen molar-refractivity contribution >= 4 is 41.1 Å². The molecule has 0 bridgehead atoms. The number of carbonyl (C=O) groups is 2. The minimum Gasteiger partial charge on any atom is -0.390 e. The fraction of sp³-hybridized carbons (Fsp3) is 0.600. The largest absolute Gasteiger partial charge is 0.390 e. The van der Waals surface area contributed by atoms with Gasteiger partial charge in [0.05, 0.1) is 16.1 Å². The Balaban J connectivity index is 1.45. The van der Waals surface area contributed by atoms with Gasteiger partial charge in [0, 0.05) is 77.9 Å². The Bertz CT molecular complexity index is 872. The van der Waals surface area contributed by atoms with E-state index >= 15 is 0 Å². The zero-order chi connectivity index (χ0) is 24.7. The molecule has 0 spiro atoms. The van der Waals surface area contributed by atoms with Crippen LogP contribution in [0.2, 0.25) is 10.0 Å². The van der Waals surface area contributed by atoms with Gasteiger partial charge < -0.3 is 19.8 Å². The number of aliphatic hydroxyl groups excluding tert-OH is 1. The first-order valence-electron chi connectivity index (χ1n) is 12.0. The van der Waals surface area contributed by atoms with E-state index in [9.17, 15) is 14.7 Å². The van der Waals surface area contributed by atoms with Gasteiger partial charge in [-0.2, -0.15) is 0 Å². The smallest absolute Gasteiger partial charge is 0.246 e. The third kappa shape index (κ3) is 8.24. The summed E-state index contributed by atoms with van der Waals surface area (Å²) in [7, 11) is 0. The number of amides is 2. The van der Waals surface area contributed by atoms with E-state index in [2.05, 4.69) is 23.6 Å². The van der Waals surface area contributed by atoms with E-state index in [-0.39, 0.29) is 18.2 Å². The SMILES string of the molecule is CC(C)CN1CCN(CC(O)CN2CCN(C(=O)C=Cc3ccc(Cl)c(Cl)c3)CCC2=O)CC1. The molecule has 0 aromatic heterocycles. The number of nitrogens with zero attached hydrogens (tertiary/aromatic N) is 4. The third-order valence-electron chi connectivity index (χ3n) is 6.25. The average molecular weight is 511 g/mol. The molecular formula is C25H36Cl2N4O3. The third-order valence-corrected chi connectivity index (χ3v) is 6.99. The first kappa shape index (κ1) is 27.0. The van der Waals surface area contributed by atoms with Crippen LogP contribution in [0.4, 0.5) is 0 Å². The molecule has 1 aromatic rings. The van der Waals surface area contributed by atoms with Crippen molar-refractivity contribution in [3.05, 3.63) is 39.9 Å². The fourth-order valence-corrected chi connectivity index (χ4v) is 4.76. The molecule has 1 unspecified atom stereocenters. The van der Waals surface area contributed by atoms with Crippen LogP contribution < -0.4 is 0 Å². The lowest BCUT2D eigenvalue weighted by Crippen LogP contribution is -2.51. The molecule has 0 radical (unpaired) electrons.